The first-order valence-electron chi connectivity index (χ1n) is 8.38. The third kappa shape index (κ3) is 4.45. The van der Waals surface area contributed by atoms with E-state index in [2.05, 4.69) is 27.5 Å². The normalized spacial score (nSPS) is 11.3. The zero-order valence-electron chi connectivity index (χ0n) is 14.8. The summed E-state index contributed by atoms with van der Waals surface area (Å²) in [7, 11) is 0. The summed E-state index contributed by atoms with van der Waals surface area (Å²) in [5.74, 6) is 0.466. The number of rotatable bonds is 5. The number of anilines is 5. The highest BCUT2D eigenvalue weighted by Gasteiger charge is 2.31. The number of hydrogen-bond donors (Lipinski definition) is 3. The van der Waals surface area contributed by atoms with Crippen LogP contribution in [0, 0.1) is 0 Å². The Labute approximate surface area is 164 Å². The molecule has 146 valence electrons. The van der Waals surface area contributed by atoms with Crippen LogP contribution in [0.5, 0.6) is 0 Å². The number of nitrogens with one attached hydrogen (secondary N) is 2. The second kappa shape index (κ2) is 7.93. The third-order valence-corrected chi connectivity index (χ3v) is 4.39. The van der Waals surface area contributed by atoms with Crippen LogP contribution in [-0.2, 0) is 12.6 Å². The van der Waals surface area contributed by atoms with E-state index in [-0.39, 0.29) is 22.2 Å². The van der Waals surface area contributed by atoms with Crippen LogP contribution in [0.4, 0.5) is 41.9 Å². The molecule has 0 aliphatic heterocycles. The smallest absolute Gasteiger partial charge is 0.393 e. The molecule has 0 fully saturated rings. The average Bonchev–Trinajstić information content (AvgIpc) is 2.66. The van der Waals surface area contributed by atoms with Crippen molar-refractivity contribution < 1.29 is 13.2 Å². The maximum Gasteiger partial charge on any atom is 0.416 e. The van der Waals surface area contributed by atoms with Crippen LogP contribution in [0.15, 0.2) is 48.8 Å². The summed E-state index contributed by atoms with van der Waals surface area (Å²) >= 11 is 6.02. The van der Waals surface area contributed by atoms with E-state index in [1.807, 2.05) is 24.3 Å². The Bertz CT molecular complexity index is 974. The van der Waals surface area contributed by atoms with Gasteiger partial charge >= 0.3 is 6.18 Å². The molecule has 9 heteroatoms. The standard InChI is InChI=1S/C19H17ClF3N5/c1-2-11-3-6-13(7-4-11)27-17-16(24)18(26-10-25-17)28-15-9-12(19(21,22)23)5-8-14(15)20/h3-10H,2,24H2,1H3,(H2,25,26,27,28). The van der Waals surface area contributed by atoms with Gasteiger partial charge in [-0.1, -0.05) is 30.7 Å². The van der Waals surface area contributed by atoms with Gasteiger partial charge in [-0.2, -0.15) is 13.2 Å². The number of benzene rings is 2. The van der Waals surface area contributed by atoms with Crippen LogP contribution in [-0.4, -0.2) is 9.97 Å². The molecule has 28 heavy (non-hydrogen) atoms. The van der Waals surface area contributed by atoms with Crippen molar-refractivity contribution in [2.75, 3.05) is 16.4 Å². The van der Waals surface area contributed by atoms with Gasteiger partial charge < -0.3 is 16.4 Å². The zero-order valence-corrected chi connectivity index (χ0v) is 15.6. The topological polar surface area (TPSA) is 75.9 Å². The largest absolute Gasteiger partial charge is 0.416 e. The lowest BCUT2D eigenvalue weighted by Crippen LogP contribution is -2.08. The van der Waals surface area contributed by atoms with E-state index >= 15 is 0 Å². The monoisotopic (exact) mass is 407 g/mol. The molecule has 0 saturated carbocycles. The van der Waals surface area contributed by atoms with Crippen LogP contribution in [0.2, 0.25) is 5.02 Å². The minimum absolute atomic E-state index is 0.0418. The SMILES string of the molecule is CCc1ccc(Nc2ncnc(Nc3cc(C(F)(F)F)ccc3Cl)c2N)cc1. The first kappa shape index (κ1) is 19.8. The van der Waals surface area contributed by atoms with Gasteiger partial charge in [0.05, 0.1) is 16.3 Å². The van der Waals surface area contributed by atoms with E-state index in [9.17, 15) is 13.2 Å². The molecule has 0 spiro atoms. The molecule has 0 radical (unpaired) electrons. The van der Waals surface area contributed by atoms with E-state index in [0.29, 0.717) is 5.82 Å². The summed E-state index contributed by atoms with van der Waals surface area (Å²) in [6, 6.07) is 10.7. The molecule has 4 N–H and O–H groups in total. The molecule has 1 heterocycles. The highest BCUT2D eigenvalue weighted by Crippen LogP contribution is 2.36. The van der Waals surface area contributed by atoms with Gasteiger partial charge in [0.1, 0.15) is 12.0 Å². The molecular formula is C19H17ClF3N5. The van der Waals surface area contributed by atoms with Crippen LogP contribution in [0.1, 0.15) is 18.1 Å². The summed E-state index contributed by atoms with van der Waals surface area (Å²) in [5, 5.41) is 5.93. The van der Waals surface area contributed by atoms with Crippen molar-refractivity contribution in [1.82, 2.24) is 9.97 Å². The second-order valence-electron chi connectivity index (χ2n) is 5.98. The predicted octanol–water partition coefficient (Wildman–Crippen LogP) is 5.78. The van der Waals surface area contributed by atoms with Gasteiger partial charge in [-0.3, -0.25) is 0 Å². The number of nitrogens with zero attached hydrogens (tertiary/aromatic N) is 2. The van der Waals surface area contributed by atoms with Gasteiger partial charge in [-0.15, -0.1) is 0 Å². The molecule has 0 amide bonds. The van der Waals surface area contributed by atoms with E-state index in [4.69, 9.17) is 17.3 Å². The number of nitrogen functional groups attached to an aromatic ring is 1. The zero-order chi connectivity index (χ0) is 20.3. The minimum atomic E-state index is -4.49. The van der Waals surface area contributed by atoms with Gasteiger partial charge in [0.25, 0.3) is 0 Å². The summed E-state index contributed by atoms with van der Waals surface area (Å²) in [4.78, 5) is 8.11. The molecule has 0 atom stereocenters. The molecular weight excluding hydrogens is 391 g/mol. The van der Waals surface area contributed by atoms with Crippen molar-refractivity contribution in [3.8, 4) is 0 Å². The van der Waals surface area contributed by atoms with Gasteiger partial charge in [-0.25, -0.2) is 9.97 Å². The lowest BCUT2D eigenvalue weighted by molar-refractivity contribution is -0.137. The first-order chi connectivity index (χ1) is 13.3. The van der Waals surface area contributed by atoms with Crippen molar-refractivity contribution >= 4 is 40.3 Å². The second-order valence-corrected chi connectivity index (χ2v) is 6.38. The van der Waals surface area contributed by atoms with E-state index in [1.165, 1.54) is 18.0 Å². The highest BCUT2D eigenvalue weighted by molar-refractivity contribution is 6.33. The molecule has 0 unspecified atom stereocenters. The lowest BCUT2D eigenvalue weighted by atomic mass is 10.1. The van der Waals surface area contributed by atoms with Crippen molar-refractivity contribution in [3.05, 3.63) is 64.9 Å². The van der Waals surface area contributed by atoms with Gasteiger partial charge in [0, 0.05) is 5.69 Å². The Morgan fingerprint density at radius 3 is 2.25 bits per heavy atom. The number of alkyl halides is 3. The number of halogens is 4. The highest BCUT2D eigenvalue weighted by atomic mass is 35.5. The van der Waals surface area contributed by atoms with Crippen LogP contribution < -0.4 is 16.4 Å². The quantitative estimate of drug-likeness (QED) is 0.499. The molecule has 0 bridgehead atoms. The molecule has 1 aromatic heterocycles. The van der Waals surface area contributed by atoms with E-state index in [0.717, 1.165) is 24.2 Å². The fourth-order valence-corrected chi connectivity index (χ4v) is 2.65. The average molecular weight is 408 g/mol. The Hall–Kier alpha value is -3.00. The van der Waals surface area contributed by atoms with E-state index in [1.54, 1.807) is 0 Å². The summed E-state index contributed by atoms with van der Waals surface area (Å²) in [6.07, 6.45) is -2.32. The number of hydrogen-bond acceptors (Lipinski definition) is 5. The summed E-state index contributed by atoms with van der Waals surface area (Å²) < 4.78 is 38.8. The van der Waals surface area contributed by atoms with E-state index < -0.39 is 11.7 Å². The molecule has 5 nitrogen and oxygen atoms in total. The maximum atomic E-state index is 12.9. The molecule has 0 saturated heterocycles. The summed E-state index contributed by atoms with van der Waals surface area (Å²) in [6.45, 7) is 2.06. The maximum absolute atomic E-state index is 12.9. The Morgan fingerprint density at radius 1 is 1.00 bits per heavy atom. The minimum Gasteiger partial charge on any atom is -0.393 e. The number of aryl methyl sites for hydroxylation is 1. The first-order valence-corrected chi connectivity index (χ1v) is 8.76. The molecule has 2 aromatic carbocycles. The Balaban J connectivity index is 1.87. The Kier molecular flexibility index (Phi) is 5.60. The molecule has 3 aromatic rings. The number of aromatic nitrogens is 2. The van der Waals surface area contributed by atoms with Gasteiger partial charge in [0.2, 0.25) is 0 Å². The van der Waals surface area contributed by atoms with Crippen molar-refractivity contribution in [1.29, 1.82) is 0 Å². The molecule has 3 rings (SSSR count). The summed E-state index contributed by atoms with van der Waals surface area (Å²) in [5.41, 5.74) is 7.40. The van der Waals surface area contributed by atoms with Crippen LogP contribution in [0.3, 0.4) is 0 Å². The van der Waals surface area contributed by atoms with Gasteiger partial charge in [0.15, 0.2) is 11.6 Å². The number of nitrogens with two attached hydrogens (primary N) is 1. The van der Waals surface area contributed by atoms with Crippen molar-refractivity contribution in [3.63, 3.8) is 0 Å². The predicted molar refractivity (Wildman–Crippen MR) is 105 cm³/mol. The van der Waals surface area contributed by atoms with Crippen molar-refractivity contribution in [2.45, 2.75) is 19.5 Å². The molecule has 0 aliphatic rings. The van der Waals surface area contributed by atoms with Crippen molar-refractivity contribution in [2.24, 2.45) is 0 Å². The van der Waals surface area contributed by atoms with Crippen LogP contribution >= 0.6 is 11.6 Å². The fourth-order valence-electron chi connectivity index (χ4n) is 2.48. The Morgan fingerprint density at radius 2 is 1.64 bits per heavy atom. The van der Waals surface area contributed by atoms with Gasteiger partial charge in [-0.05, 0) is 42.3 Å². The van der Waals surface area contributed by atoms with Crippen LogP contribution in [0.25, 0.3) is 0 Å². The lowest BCUT2D eigenvalue weighted by Gasteiger charge is -2.15. The molecule has 0 aliphatic carbocycles. The fraction of sp³-hybridized carbons (Fsp3) is 0.158. The third-order valence-electron chi connectivity index (χ3n) is 4.06.